The molecular weight excluding hydrogens is 274 g/mol. The standard InChI is InChI=1S/C14H15N3O4/c1-14(2,13(19)20)17(3)12(18)10-7-11(21-16-10)9-5-4-6-15-8-9/h4-8H,1-3H3,(H,19,20). The predicted octanol–water partition coefficient (Wildman–Crippen LogP) is 1.67. The minimum atomic E-state index is -1.34. The van der Waals surface area contributed by atoms with Crippen molar-refractivity contribution in [1.82, 2.24) is 15.0 Å². The van der Waals surface area contributed by atoms with Crippen LogP contribution in [0.1, 0.15) is 24.3 Å². The fourth-order valence-electron chi connectivity index (χ4n) is 1.59. The van der Waals surface area contributed by atoms with Gasteiger partial charge in [0.05, 0.1) is 0 Å². The number of aliphatic carboxylic acids is 1. The Labute approximate surface area is 121 Å². The average Bonchev–Trinajstić information content (AvgIpc) is 2.96. The third kappa shape index (κ3) is 2.76. The molecule has 0 saturated carbocycles. The molecule has 0 aromatic carbocycles. The molecule has 0 aliphatic carbocycles. The second kappa shape index (κ2) is 5.35. The van der Waals surface area contributed by atoms with Crippen LogP contribution in [0.5, 0.6) is 0 Å². The van der Waals surface area contributed by atoms with Crippen molar-refractivity contribution in [3.8, 4) is 11.3 Å². The Morgan fingerprint density at radius 2 is 2.10 bits per heavy atom. The lowest BCUT2D eigenvalue weighted by Gasteiger charge is -2.30. The van der Waals surface area contributed by atoms with Gasteiger partial charge >= 0.3 is 5.97 Å². The molecule has 7 heteroatoms. The van der Waals surface area contributed by atoms with Crippen LogP contribution in [0, 0.1) is 0 Å². The molecule has 0 spiro atoms. The summed E-state index contributed by atoms with van der Waals surface area (Å²) in [6.07, 6.45) is 3.20. The van der Waals surface area contributed by atoms with Crippen LogP contribution in [0.3, 0.4) is 0 Å². The number of pyridine rings is 1. The van der Waals surface area contributed by atoms with E-state index in [1.807, 2.05) is 0 Å². The molecule has 7 nitrogen and oxygen atoms in total. The van der Waals surface area contributed by atoms with Crippen molar-refractivity contribution in [3.63, 3.8) is 0 Å². The van der Waals surface area contributed by atoms with E-state index >= 15 is 0 Å². The van der Waals surface area contributed by atoms with Gasteiger partial charge in [0.2, 0.25) is 0 Å². The van der Waals surface area contributed by atoms with Gasteiger partial charge < -0.3 is 14.5 Å². The largest absolute Gasteiger partial charge is 0.480 e. The third-order valence-corrected chi connectivity index (χ3v) is 3.34. The normalized spacial score (nSPS) is 11.2. The highest BCUT2D eigenvalue weighted by molar-refractivity contribution is 5.96. The number of amides is 1. The van der Waals surface area contributed by atoms with Gasteiger partial charge in [-0.1, -0.05) is 5.16 Å². The fraction of sp³-hybridized carbons (Fsp3) is 0.286. The lowest BCUT2D eigenvalue weighted by Crippen LogP contribution is -2.50. The number of rotatable bonds is 4. The highest BCUT2D eigenvalue weighted by Crippen LogP contribution is 2.21. The fourth-order valence-corrected chi connectivity index (χ4v) is 1.59. The first-order chi connectivity index (χ1) is 9.84. The molecule has 2 heterocycles. The summed E-state index contributed by atoms with van der Waals surface area (Å²) < 4.78 is 5.11. The van der Waals surface area contributed by atoms with Crippen molar-refractivity contribution in [2.75, 3.05) is 7.05 Å². The van der Waals surface area contributed by atoms with Gasteiger partial charge in [0, 0.05) is 31.1 Å². The van der Waals surface area contributed by atoms with Crippen molar-refractivity contribution >= 4 is 11.9 Å². The molecule has 2 aromatic heterocycles. The van der Waals surface area contributed by atoms with Gasteiger partial charge in [0.1, 0.15) is 5.54 Å². The van der Waals surface area contributed by atoms with Gasteiger partial charge in [0.15, 0.2) is 11.5 Å². The van der Waals surface area contributed by atoms with E-state index in [4.69, 9.17) is 9.63 Å². The minimum Gasteiger partial charge on any atom is -0.480 e. The van der Waals surface area contributed by atoms with Crippen LogP contribution in [-0.4, -0.2) is 44.6 Å². The van der Waals surface area contributed by atoms with Crippen molar-refractivity contribution in [3.05, 3.63) is 36.3 Å². The zero-order chi connectivity index (χ0) is 15.6. The van der Waals surface area contributed by atoms with E-state index in [2.05, 4.69) is 10.1 Å². The van der Waals surface area contributed by atoms with E-state index < -0.39 is 17.4 Å². The summed E-state index contributed by atoms with van der Waals surface area (Å²) in [5.74, 6) is -1.23. The molecule has 0 fully saturated rings. The smallest absolute Gasteiger partial charge is 0.329 e. The first kappa shape index (κ1) is 14.7. The number of carbonyl (C=O) groups is 2. The Bertz CT molecular complexity index is 664. The molecule has 0 aliphatic rings. The molecule has 0 atom stereocenters. The maximum absolute atomic E-state index is 12.3. The van der Waals surface area contributed by atoms with Crippen molar-refractivity contribution in [1.29, 1.82) is 0 Å². The molecule has 0 bridgehead atoms. The van der Waals surface area contributed by atoms with E-state index in [0.29, 0.717) is 11.3 Å². The van der Waals surface area contributed by atoms with Crippen molar-refractivity contribution in [2.24, 2.45) is 0 Å². The SMILES string of the molecule is CN(C(=O)c1cc(-c2cccnc2)on1)C(C)(C)C(=O)O. The minimum absolute atomic E-state index is 0.0469. The number of likely N-dealkylation sites (N-methyl/N-ethyl adjacent to an activating group) is 1. The zero-order valence-electron chi connectivity index (χ0n) is 11.9. The highest BCUT2D eigenvalue weighted by atomic mass is 16.5. The number of carbonyl (C=O) groups excluding carboxylic acids is 1. The number of aromatic nitrogens is 2. The molecule has 21 heavy (non-hydrogen) atoms. The lowest BCUT2D eigenvalue weighted by atomic mass is 10.0. The monoisotopic (exact) mass is 289 g/mol. The summed E-state index contributed by atoms with van der Waals surface area (Å²) in [6.45, 7) is 2.88. The van der Waals surface area contributed by atoms with Crippen LogP contribution in [-0.2, 0) is 4.79 Å². The van der Waals surface area contributed by atoms with Crippen LogP contribution < -0.4 is 0 Å². The number of nitrogens with zero attached hydrogens (tertiary/aromatic N) is 3. The van der Waals surface area contributed by atoms with Gasteiger partial charge in [-0.05, 0) is 26.0 Å². The predicted molar refractivity (Wildman–Crippen MR) is 73.5 cm³/mol. The van der Waals surface area contributed by atoms with Crippen molar-refractivity contribution in [2.45, 2.75) is 19.4 Å². The topological polar surface area (TPSA) is 96.5 Å². The summed E-state index contributed by atoms with van der Waals surface area (Å²) >= 11 is 0. The first-order valence-corrected chi connectivity index (χ1v) is 6.22. The molecule has 0 radical (unpaired) electrons. The summed E-state index contributed by atoms with van der Waals surface area (Å²) in [4.78, 5) is 28.5. The zero-order valence-corrected chi connectivity index (χ0v) is 11.9. The van der Waals surface area contributed by atoms with Gasteiger partial charge in [0.25, 0.3) is 5.91 Å². The van der Waals surface area contributed by atoms with Gasteiger partial charge in [-0.3, -0.25) is 9.78 Å². The summed E-state index contributed by atoms with van der Waals surface area (Å²) in [5.41, 5.74) is -0.611. The summed E-state index contributed by atoms with van der Waals surface area (Å²) in [5, 5.41) is 12.8. The van der Waals surface area contributed by atoms with Crippen LogP contribution in [0.4, 0.5) is 0 Å². The van der Waals surface area contributed by atoms with E-state index in [9.17, 15) is 9.59 Å². The second-order valence-corrected chi connectivity index (χ2v) is 5.05. The molecule has 0 aliphatic heterocycles. The van der Waals surface area contributed by atoms with Crippen LogP contribution >= 0.6 is 0 Å². The quantitative estimate of drug-likeness (QED) is 0.919. The number of hydrogen-bond donors (Lipinski definition) is 1. The van der Waals surface area contributed by atoms with Crippen LogP contribution in [0.2, 0.25) is 0 Å². The Kier molecular flexibility index (Phi) is 3.75. The Morgan fingerprint density at radius 3 is 2.67 bits per heavy atom. The lowest BCUT2D eigenvalue weighted by molar-refractivity contribution is -0.147. The molecule has 0 unspecified atom stereocenters. The average molecular weight is 289 g/mol. The molecule has 110 valence electrons. The number of carboxylic acids is 1. The third-order valence-electron chi connectivity index (χ3n) is 3.34. The number of hydrogen-bond acceptors (Lipinski definition) is 5. The molecule has 2 rings (SSSR count). The van der Waals surface area contributed by atoms with E-state index in [0.717, 1.165) is 4.90 Å². The number of carboxylic acid groups (broad SMARTS) is 1. The van der Waals surface area contributed by atoms with Gasteiger partial charge in [-0.15, -0.1) is 0 Å². The first-order valence-electron chi connectivity index (χ1n) is 6.22. The van der Waals surface area contributed by atoms with Crippen molar-refractivity contribution < 1.29 is 19.2 Å². The van der Waals surface area contributed by atoms with E-state index in [1.54, 1.807) is 24.5 Å². The molecule has 1 amide bonds. The van der Waals surface area contributed by atoms with Crippen LogP contribution in [0.25, 0.3) is 11.3 Å². The van der Waals surface area contributed by atoms with Crippen LogP contribution in [0.15, 0.2) is 35.1 Å². The van der Waals surface area contributed by atoms with Gasteiger partial charge in [-0.2, -0.15) is 0 Å². The molecular formula is C14H15N3O4. The second-order valence-electron chi connectivity index (χ2n) is 5.05. The molecule has 2 aromatic rings. The van der Waals surface area contributed by atoms with E-state index in [-0.39, 0.29) is 5.69 Å². The maximum atomic E-state index is 12.3. The summed E-state index contributed by atoms with van der Waals surface area (Å²) in [7, 11) is 1.41. The molecule has 0 saturated heterocycles. The highest BCUT2D eigenvalue weighted by Gasteiger charge is 2.36. The van der Waals surface area contributed by atoms with E-state index in [1.165, 1.54) is 27.0 Å². The maximum Gasteiger partial charge on any atom is 0.329 e. The molecule has 1 N–H and O–H groups in total. The Balaban J connectivity index is 2.26. The Hall–Kier alpha value is -2.70. The summed E-state index contributed by atoms with van der Waals surface area (Å²) in [6, 6.07) is 4.97. The van der Waals surface area contributed by atoms with Gasteiger partial charge in [-0.25, -0.2) is 4.79 Å². The Morgan fingerprint density at radius 1 is 1.38 bits per heavy atom.